The molecule has 0 atom stereocenters. The van der Waals surface area contributed by atoms with Crippen LogP contribution in [0.5, 0.6) is 11.5 Å². The van der Waals surface area contributed by atoms with Gasteiger partial charge in [0.25, 0.3) is 5.91 Å². The van der Waals surface area contributed by atoms with Crippen LogP contribution in [0.15, 0.2) is 35.7 Å². The van der Waals surface area contributed by atoms with Crippen molar-refractivity contribution in [3.63, 3.8) is 0 Å². The zero-order valence-corrected chi connectivity index (χ0v) is 11.6. The molecule has 1 aliphatic carbocycles. The normalized spacial score (nSPS) is 14.2. The van der Waals surface area contributed by atoms with Gasteiger partial charge in [-0.1, -0.05) is 6.07 Å². The molecule has 3 rings (SSSR count). The summed E-state index contributed by atoms with van der Waals surface area (Å²) >= 11 is 1.62. The Labute approximate surface area is 120 Å². The van der Waals surface area contributed by atoms with Crippen LogP contribution >= 0.6 is 11.3 Å². The van der Waals surface area contributed by atoms with E-state index < -0.39 is 0 Å². The fourth-order valence-electron chi connectivity index (χ4n) is 2.21. The van der Waals surface area contributed by atoms with Gasteiger partial charge in [0, 0.05) is 22.5 Å². The van der Waals surface area contributed by atoms with Crippen LogP contribution in [0.3, 0.4) is 0 Å². The van der Waals surface area contributed by atoms with Crippen LogP contribution in [0.2, 0.25) is 0 Å². The average Bonchev–Trinajstić information content (AvgIpc) is 3.11. The van der Waals surface area contributed by atoms with Crippen LogP contribution in [0.1, 0.15) is 28.1 Å². The monoisotopic (exact) mass is 289 g/mol. The number of thiophene rings is 1. The summed E-state index contributed by atoms with van der Waals surface area (Å²) in [5, 5.41) is 21.0. The third-order valence-electron chi connectivity index (χ3n) is 3.30. The van der Waals surface area contributed by atoms with Crippen LogP contribution in [0.25, 0.3) is 0 Å². The number of hydrogen-bond acceptors (Lipinski definition) is 4. The Morgan fingerprint density at radius 3 is 2.50 bits per heavy atom. The predicted molar refractivity (Wildman–Crippen MR) is 77.0 cm³/mol. The largest absolute Gasteiger partial charge is 0.508 e. The third-order valence-corrected chi connectivity index (χ3v) is 4.17. The standard InChI is InChI=1S/C15H15NO3S/c17-12-6-10(7-13(18)8-12)15(19)16(11-3-4-11)9-14-2-1-5-20-14/h1-2,5-8,11,17-18H,3-4,9H2. The van der Waals surface area contributed by atoms with E-state index >= 15 is 0 Å². The molecule has 2 aromatic rings. The molecule has 1 heterocycles. The Bertz CT molecular complexity index is 600. The molecule has 5 heteroatoms. The highest BCUT2D eigenvalue weighted by Gasteiger charge is 2.33. The van der Waals surface area contributed by atoms with Crippen LogP contribution in [0.4, 0.5) is 0 Å². The lowest BCUT2D eigenvalue weighted by molar-refractivity contribution is 0.0731. The second-order valence-electron chi connectivity index (χ2n) is 4.98. The van der Waals surface area contributed by atoms with Crippen LogP contribution in [-0.4, -0.2) is 27.1 Å². The molecule has 0 aliphatic heterocycles. The van der Waals surface area contributed by atoms with Crippen molar-refractivity contribution in [2.75, 3.05) is 0 Å². The number of phenolic OH excluding ortho intramolecular Hbond substituents is 2. The predicted octanol–water partition coefficient (Wildman–Crippen LogP) is 2.96. The minimum absolute atomic E-state index is 0.0970. The molecule has 1 aromatic carbocycles. The molecule has 1 amide bonds. The van der Waals surface area contributed by atoms with Crippen molar-refractivity contribution in [1.82, 2.24) is 4.90 Å². The number of carbonyl (C=O) groups excluding carboxylic acids is 1. The summed E-state index contributed by atoms with van der Waals surface area (Å²) in [7, 11) is 0. The van der Waals surface area contributed by atoms with E-state index in [9.17, 15) is 15.0 Å². The number of aromatic hydroxyl groups is 2. The van der Waals surface area contributed by atoms with E-state index in [1.165, 1.54) is 18.2 Å². The van der Waals surface area contributed by atoms with Crippen molar-refractivity contribution in [3.8, 4) is 11.5 Å². The lowest BCUT2D eigenvalue weighted by atomic mass is 10.1. The molecule has 104 valence electrons. The summed E-state index contributed by atoms with van der Waals surface area (Å²) in [6.07, 6.45) is 2.03. The van der Waals surface area contributed by atoms with Gasteiger partial charge in [0.1, 0.15) is 11.5 Å². The van der Waals surface area contributed by atoms with Gasteiger partial charge in [-0.05, 0) is 36.4 Å². The molecule has 2 N–H and O–H groups in total. The topological polar surface area (TPSA) is 60.8 Å². The average molecular weight is 289 g/mol. The summed E-state index contributed by atoms with van der Waals surface area (Å²) in [4.78, 5) is 15.5. The SMILES string of the molecule is O=C(c1cc(O)cc(O)c1)N(Cc1cccs1)C1CC1. The summed E-state index contributed by atoms with van der Waals surface area (Å²) in [6.45, 7) is 0.581. The van der Waals surface area contributed by atoms with Gasteiger partial charge in [-0.3, -0.25) is 4.79 Å². The van der Waals surface area contributed by atoms with Crippen molar-refractivity contribution < 1.29 is 15.0 Å². The maximum atomic E-state index is 12.6. The van der Waals surface area contributed by atoms with Crippen molar-refractivity contribution in [3.05, 3.63) is 46.2 Å². The van der Waals surface area contributed by atoms with E-state index in [4.69, 9.17) is 0 Å². The highest BCUT2D eigenvalue weighted by atomic mass is 32.1. The first kappa shape index (κ1) is 13.0. The van der Waals surface area contributed by atoms with Crippen molar-refractivity contribution >= 4 is 17.2 Å². The van der Waals surface area contributed by atoms with Crippen molar-refractivity contribution in [2.24, 2.45) is 0 Å². The van der Waals surface area contributed by atoms with Gasteiger partial charge in [-0.15, -0.1) is 11.3 Å². The van der Waals surface area contributed by atoms with E-state index in [2.05, 4.69) is 0 Å². The first-order valence-electron chi connectivity index (χ1n) is 6.50. The van der Waals surface area contributed by atoms with Crippen molar-refractivity contribution in [1.29, 1.82) is 0 Å². The van der Waals surface area contributed by atoms with Crippen LogP contribution in [0, 0.1) is 0 Å². The van der Waals surface area contributed by atoms with Gasteiger partial charge in [0.15, 0.2) is 0 Å². The number of rotatable bonds is 4. The molecule has 0 saturated heterocycles. The molecule has 0 spiro atoms. The molecular formula is C15H15NO3S. The van der Waals surface area contributed by atoms with Gasteiger partial charge in [-0.2, -0.15) is 0 Å². The van der Waals surface area contributed by atoms with Gasteiger partial charge in [-0.25, -0.2) is 0 Å². The van der Waals surface area contributed by atoms with E-state index in [1.807, 2.05) is 22.4 Å². The molecule has 0 radical (unpaired) electrons. The number of amides is 1. The van der Waals surface area contributed by atoms with E-state index in [0.717, 1.165) is 17.7 Å². The zero-order valence-electron chi connectivity index (χ0n) is 10.8. The Balaban J connectivity index is 1.85. The van der Waals surface area contributed by atoms with Crippen LogP contribution < -0.4 is 0 Å². The summed E-state index contributed by atoms with van der Waals surface area (Å²) in [5.74, 6) is -0.340. The Kier molecular flexibility index (Phi) is 3.36. The smallest absolute Gasteiger partial charge is 0.254 e. The first-order valence-corrected chi connectivity index (χ1v) is 7.38. The Morgan fingerprint density at radius 1 is 1.25 bits per heavy atom. The maximum absolute atomic E-state index is 12.6. The zero-order chi connectivity index (χ0) is 14.1. The summed E-state index contributed by atoms with van der Waals surface area (Å²) in [6, 6.07) is 8.26. The Morgan fingerprint density at radius 2 is 1.95 bits per heavy atom. The molecule has 1 saturated carbocycles. The quantitative estimate of drug-likeness (QED) is 0.909. The van der Waals surface area contributed by atoms with Gasteiger partial charge >= 0.3 is 0 Å². The first-order chi connectivity index (χ1) is 9.63. The summed E-state index contributed by atoms with van der Waals surface area (Å²) < 4.78 is 0. The fourth-order valence-corrected chi connectivity index (χ4v) is 2.91. The minimum Gasteiger partial charge on any atom is -0.508 e. The molecule has 0 unspecified atom stereocenters. The van der Waals surface area contributed by atoms with Gasteiger partial charge < -0.3 is 15.1 Å². The van der Waals surface area contributed by atoms with E-state index in [-0.39, 0.29) is 23.4 Å². The number of carbonyl (C=O) groups is 1. The maximum Gasteiger partial charge on any atom is 0.254 e. The second-order valence-corrected chi connectivity index (χ2v) is 6.01. The van der Waals surface area contributed by atoms with Crippen LogP contribution in [-0.2, 0) is 6.54 Å². The van der Waals surface area contributed by atoms with Gasteiger partial charge in [0.05, 0.1) is 6.54 Å². The molecule has 1 aliphatic rings. The third kappa shape index (κ3) is 2.77. The molecule has 20 heavy (non-hydrogen) atoms. The molecule has 1 fully saturated rings. The number of benzene rings is 1. The molecule has 4 nitrogen and oxygen atoms in total. The minimum atomic E-state index is -0.146. The highest BCUT2D eigenvalue weighted by molar-refractivity contribution is 7.09. The molecular weight excluding hydrogens is 274 g/mol. The van der Waals surface area contributed by atoms with E-state index in [1.54, 1.807) is 11.3 Å². The fraction of sp³-hybridized carbons (Fsp3) is 0.267. The number of phenols is 2. The molecule has 1 aromatic heterocycles. The number of nitrogens with zero attached hydrogens (tertiary/aromatic N) is 1. The number of hydrogen-bond donors (Lipinski definition) is 2. The lowest BCUT2D eigenvalue weighted by Gasteiger charge is -2.22. The summed E-state index contributed by atoms with van der Waals surface area (Å²) in [5.41, 5.74) is 0.325. The Hall–Kier alpha value is -2.01. The second kappa shape index (κ2) is 5.17. The lowest BCUT2D eigenvalue weighted by Crippen LogP contribution is -2.32. The van der Waals surface area contributed by atoms with E-state index in [0.29, 0.717) is 12.1 Å². The molecule has 0 bridgehead atoms. The van der Waals surface area contributed by atoms with Crippen molar-refractivity contribution in [2.45, 2.75) is 25.4 Å². The van der Waals surface area contributed by atoms with Gasteiger partial charge in [0.2, 0.25) is 0 Å². The highest BCUT2D eigenvalue weighted by Crippen LogP contribution is 2.31.